The Labute approximate surface area is 112 Å². The molecule has 0 aromatic heterocycles. The van der Waals surface area contributed by atoms with Gasteiger partial charge in [-0.1, -0.05) is 12.1 Å². The summed E-state index contributed by atoms with van der Waals surface area (Å²) < 4.78 is 11.0. The monoisotopic (exact) mass is 263 g/mol. The van der Waals surface area contributed by atoms with Gasteiger partial charge in [-0.05, 0) is 12.1 Å². The van der Waals surface area contributed by atoms with Gasteiger partial charge in [-0.2, -0.15) is 0 Å². The van der Waals surface area contributed by atoms with Gasteiger partial charge < -0.3 is 19.5 Å². The van der Waals surface area contributed by atoms with Crippen LogP contribution in [0.2, 0.25) is 0 Å². The summed E-state index contributed by atoms with van der Waals surface area (Å²) in [5, 5.41) is 9.01. The van der Waals surface area contributed by atoms with E-state index in [2.05, 4.69) is 6.58 Å². The van der Waals surface area contributed by atoms with Crippen molar-refractivity contribution in [2.75, 3.05) is 32.9 Å². The Kier molecular flexibility index (Phi) is 4.41. The van der Waals surface area contributed by atoms with Gasteiger partial charge in [0, 0.05) is 13.1 Å². The SMILES string of the molecule is C=CCN(CCO)C(=O)c1cccc2c1OCCO2. The van der Waals surface area contributed by atoms with Crippen molar-refractivity contribution in [1.82, 2.24) is 4.90 Å². The van der Waals surface area contributed by atoms with Crippen molar-refractivity contribution in [3.8, 4) is 11.5 Å². The van der Waals surface area contributed by atoms with Crippen LogP contribution in [0, 0.1) is 0 Å². The van der Waals surface area contributed by atoms with Crippen LogP contribution in [0.4, 0.5) is 0 Å². The fraction of sp³-hybridized carbons (Fsp3) is 0.357. The van der Waals surface area contributed by atoms with Crippen molar-refractivity contribution < 1.29 is 19.4 Å². The van der Waals surface area contributed by atoms with Crippen molar-refractivity contribution in [2.45, 2.75) is 0 Å². The number of fused-ring (bicyclic) bond motifs is 1. The summed E-state index contributed by atoms with van der Waals surface area (Å²) in [6.07, 6.45) is 1.63. The molecule has 5 heteroatoms. The highest BCUT2D eigenvalue weighted by atomic mass is 16.6. The van der Waals surface area contributed by atoms with Crippen LogP contribution in [-0.2, 0) is 0 Å². The third-order valence-corrected chi connectivity index (χ3v) is 2.80. The summed E-state index contributed by atoms with van der Waals surface area (Å²) in [4.78, 5) is 13.9. The lowest BCUT2D eigenvalue weighted by atomic mass is 10.1. The number of nitrogens with zero attached hydrogens (tertiary/aromatic N) is 1. The topological polar surface area (TPSA) is 59.0 Å². The number of para-hydroxylation sites is 1. The van der Waals surface area contributed by atoms with Crippen LogP contribution in [0.25, 0.3) is 0 Å². The van der Waals surface area contributed by atoms with Gasteiger partial charge in [0.15, 0.2) is 11.5 Å². The van der Waals surface area contributed by atoms with Gasteiger partial charge in [-0.3, -0.25) is 4.79 Å². The van der Waals surface area contributed by atoms with Crippen molar-refractivity contribution in [3.63, 3.8) is 0 Å². The van der Waals surface area contributed by atoms with Gasteiger partial charge in [0.2, 0.25) is 0 Å². The molecule has 1 amide bonds. The molecule has 5 nitrogen and oxygen atoms in total. The first kappa shape index (κ1) is 13.4. The quantitative estimate of drug-likeness (QED) is 0.808. The molecule has 0 saturated heterocycles. The molecule has 1 aliphatic rings. The van der Waals surface area contributed by atoms with E-state index in [9.17, 15) is 4.79 Å². The lowest BCUT2D eigenvalue weighted by Crippen LogP contribution is -2.34. The largest absolute Gasteiger partial charge is 0.486 e. The van der Waals surface area contributed by atoms with E-state index >= 15 is 0 Å². The van der Waals surface area contributed by atoms with E-state index < -0.39 is 0 Å². The second-order valence-electron chi connectivity index (χ2n) is 4.09. The highest BCUT2D eigenvalue weighted by Gasteiger charge is 2.23. The Morgan fingerprint density at radius 2 is 2.21 bits per heavy atom. The molecule has 102 valence electrons. The molecule has 0 unspecified atom stereocenters. The molecule has 1 aromatic rings. The Hall–Kier alpha value is -2.01. The number of carbonyl (C=O) groups is 1. The van der Waals surface area contributed by atoms with Crippen molar-refractivity contribution in [1.29, 1.82) is 0 Å². The number of carbonyl (C=O) groups excluding carboxylic acids is 1. The number of rotatable bonds is 5. The third kappa shape index (κ3) is 2.88. The summed E-state index contributed by atoms with van der Waals surface area (Å²) in [6.45, 7) is 5.07. The maximum absolute atomic E-state index is 12.4. The molecule has 1 heterocycles. The average molecular weight is 263 g/mol. The van der Waals surface area contributed by atoms with E-state index in [0.29, 0.717) is 36.8 Å². The molecule has 0 fully saturated rings. The standard InChI is InChI=1S/C14H17NO4/c1-2-6-15(7-8-16)14(17)11-4-3-5-12-13(11)19-10-9-18-12/h2-5,16H,1,6-10H2. The van der Waals surface area contributed by atoms with Crippen molar-refractivity contribution >= 4 is 5.91 Å². The summed E-state index contributed by atoms with van der Waals surface area (Å²) in [5.74, 6) is 0.863. The predicted molar refractivity (Wildman–Crippen MR) is 70.6 cm³/mol. The zero-order chi connectivity index (χ0) is 13.7. The minimum atomic E-state index is -0.198. The Balaban J connectivity index is 2.29. The van der Waals surface area contributed by atoms with E-state index in [-0.39, 0.29) is 19.1 Å². The summed E-state index contributed by atoms with van der Waals surface area (Å²) in [5.41, 5.74) is 0.451. The van der Waals surface area contributed by atoms with E-state index in [4.69, 9.17) is 14.6 Å². The molecule has 0 spiro atoms. The normalized spacial score (nSPS) is 12.9. The summed E-state index contributed by atoms with van der Waals surface area (Å²) in [7, 11) is 0. The molecule has 0 saturated carbocycles. The van der Waals surface area contributed by atoms with Gasteiger partial charge >= 0.3 is 0 Å². The van der Waals surface area contributed by atoms with E-state index in [0.717, 1.165) is 0 Å². The number of benzene rings is 1. The van der Waals surface area contributed by atoms with Gasteiger partial charge in [-0.15, -0.1) is 6.58 Å². The lowest BCUT2D eigenvalue weighted by molar-refractivity contribution is 0.0732. The third-order valence-electron chi connectivity index (χ3n) is 2.80. The van der Waals surface area contributed by atoms with Crippen LogP contribution in [-0.4, -0.2) is 48.8 Å². The Morgan fingerprint density at radius 3 is 2.95 bits per heavy atom. The fourth-order valence-electron chi connectivity index (χ4n) is 1.96. The lowest BCUT2D eigenvalue weighted by Gasteiger charge is -2.24. The van der Waals surface area contributed by atoms with Gasteiger partial charge in [-0.25, -0.2) is 0 Å². The highest BCUT2D eigenvalue weighted by molar-refractivity contribution is 5.98. The number of aliphatic hydroxyl groups excluding tert-OH is 1. The number of ether oxygens (including phenoxy) is 2. The van der Waals surface area contributed by atoms with Crippen LogP contribution in [0.1, 0.15) is 10.4 Å². The van der Waals surface area contributed by atoms with Crippen molar-refractivity contribution in [2.24, 2.45) is 0 Å². The minimum absolute atomic E-state index is 0.0913. The number of amides is 1. The maximum atomic E-state index is 12.4. The zero-order valence-electron chi connectivity index (χ0n) is 10.7. The second-order valence-corrected chi connectivity index (χ2v) is 4.09. The van der Waals surface area contributed by atoms with Gasteiger partial charge in [0.1, 0.15) is 13.2 Å². The first-order chi connectivity index (χ1) is 9.27. The molecule has 1 aliphatic heterocycles. The van der Waals surface area contributed by atoms with Crippen LogP contribution >= 0.6 is 0 Å². The molecule has 19 heavy (non-hydrogen) atoms. The molecule has 0 bridgehead atoms. The average Bonchev–Trinajstić information content (AvgIpc) is 2.46. The fourth-order valence-corrected chi connectivity index (χ4v) is 1.96. The number of aliphatic hydroxyl groups is 1. The molecule has 1 N–H and O–H groups in total. The predicted octanol–water partition coefficient (Wildman–Crippen LogP) is 1.08. The zero-order valence-corrected chi connectivity index (χ0v) is 10.7. The molecule has 2 rings (SSSR count). The van der Waals surface area contributed by atoms with Gasteiger partial charge in [0.25, 0.3) is 5.91 Å². The first-order valence-corrected chi connectivity index (χ1v) is 6.17. The van der Waals surface area contributed by atoms with Crippen LogP contribution in [0.5, 0.6) is 11.5 Å². The van der Waals surface area contributed by atoms with Crippen LogP contribution < -0.4 is 9.47 Å². The van der Waals surface area contributed by atoms with Gasteiger partial charge in [0.05, 0.1) is 12.2 Å². The number of hydrogen-bond donors (Lipinski definition) is 1. The second kappa shape index (κ2) is 6.24. The van der Waals surface area contributed by atoms with Crippen molar-refractivity contribution in [3.05, 3.63) is 36.4 Å². The summed E-state index contributed by atoms with van der Waals surface area (Å²) in [6, 6.07) is 5.23. The van der Waals surface area contributed by atoms with E-state index in [1.165, 1.54) is 4.90 Å². The molecule has 0 aliphatic carbocycles. The van der Waals surface area contributed by atoms with E-state index in [1.807, 2.05) is 0 Å². The molecular weight excluding hydrogens is 246 g/mol. The Morgan fingerprint density at radius 1 is 1.42 bits per heavy atom. The maximum Gasteiger partial charge on any atom is 0.258 e. The molecule has 0 radical (unpaired) electrons. The molecule has 0 atom stereocenters. The van der Waals surface area contributed by atoms with E-state index in [1.54, 1.807) is 24.3 Å². The highest BCUT2D eigenvalue weighted by Crippen LogP contribution is 2.34. The number of hydrogen-bond acceptors (Lipinski definition) is 4. The minimum Gasteiger partial charge on any atom is -0.486 e. The first-order valence-electron chi connectivity index (χ1n) is 6.17. The molecular formula is C14H17NO4. The Bertz CT molecular complexity index is 473. The van der Waals surface area contributed by atoms with Crippen LogP contribution in [0.3, 0.4) is 0 Å². The molecule has 1 aromatic carbocycles. The summed E-state index contributed by atoms with van der Waals surface area (Å²) >= 11 is 0. The smallest absolute Gasteiger partial charge is 0.258 e. The van der Waals surface area contributed by atoms with Crippen LogP contribution in [0.15, 0.2) is 30.9 Å².